The summed E-state index contributed by atoms with van der Waals surface area (Å²) in [5, 5.41) is 8.97. The fraction of sp³-hybridized carbons (Fsp3) is 0.391. The Kier molecular flexibility index (Phi) is 8.50. The van der Waals surface area contributed by atoms with Gasteiger partial charge in [-0.15, -0.1) is 0 Å². The summed E-state index contributed by atoms with van der Waals surface area (Å²) in [6, 6.07) is 15.5. The van der Waals surface area contributed by atoms with Crippen molar-refractivity contribution in [1.82, 2.24) is 4.90 Å². The van der Waals surface area contributed by atoms with Gasteiger partial charge in [-0.25, -0.2) is 0 Å². The molecule has 2 aromatic carbocycles. The Bertz CT molecular complexity index is 861. The molecule has 0 atom stereocenters. The van der Waals surface area contributed by atoms with Gasteiger partial charge < -0.3 is 14.4 Å². The molecule has 0 radical (unpaired) electrons. The summed E-state index contributed by atoms with van der Waals surface area (Å²) in [5.41, 5.74) is 3.12. The van der Waals surface area contributed by atoms with Gasteiger partial charge in [0, 0.05) is 18.8 Å². The summed E-state index contributed by atoms with van der Waals surface area (Å²) >= 11 is 0. The fourth-order valence-electron chi connectivity index (χ4n) is 2.90. The second kappa shape index (κ2) is 11.1. The van der Waals surface area contributed by atoms with Crippen molar-refractivity contribution >= 4 is 11.6 Å². The van der Waals surface area contributed by atoms with Crippen LogP contribution < -0.4 is 14.4 Å². The summed E-state index contributed by atoms with van der Waals surface area (Å²) in [4.78, 5) is 16.5. The summed E-state index contributed by atoms with van der Waals surface area (Å²) in [6.07, 6.45) is 0.291. The first-order chi connectivity index (χ1) is 14.0. The van der Waals surface area contributed by atoms with Crippen molar-refractivity contribution in [2.45, 2.75) is 20.3 Å². The van der Waals surface area contributed by atoms with Crippen molar-refractivity contribution in [3.63, 3.8) is 0 Å². The zero-order valence-electron chi connectivity index (χ0n) is 17.6. The lowest BCUT2D eigenvalue weighted by atomic mass is 10.1. The zero-order valence-corrected chi connectivity index (χ0v) is 17.6. The van der Waals surface area contributed by atoms with E-state index in [1.54, 1.807) is 12.0 Å². The van der Waals surface area contributed by atoms with Gasteiger partial charge in [0.15, 0.2) is 11.5 Å². The number of rotatable bonds is 10. The number of ether oxygens (including phenoxy) is 2. The summed E-state index contributed by atoms with van der Waals surface area (Å²) in [6.45, 7) is 5.70. The molecule has 6 nitrogen and oxygen atoms in total. The van der Waals surface area contributed by atoms with Gasteiger partial charge in [-0.2, -0.15) is 5.26 Å². The van der Waals surface area contributed by atoms with E-state index in [0.29, 0.717) is 37.6 Å². The quantitative estimate of drug-likeness (QED) is 0.615. The maximum Gasteiger partial charge on any atom is 0.241 e. The highest BCUT2D eigenvalue weighted by Crippen LogP contribution is 2.25. The molecule has 0 bridgehead atoms. The number of carbonyl (C=O) groups excluding carboxylic acids is 1. The van der Waals surface area contributed by atoms with E-state index in [9.17, 15) is 4.79 Å². The number of likely N-dealkylation sites (N-methyl/N-ethyl adjacent to an activating group) is 1. The number of nitrogens with zero attached hydrogens (tertiary/aromatic N) is 3. The summed E-state index contributed by atoms with van der Waals surface area (Å²) in [7, 11) is 3.49. The fourth-order valence-corrected chi connectivity index (χ4v) is 2.90. The van der Waals surface area contributed by atoms with Crippen molar-refractivity contribution in [3.8, 4) is 17.6 Å². The molecule has 0 saturated heterocycles. The van der Waals surface area contributed by atoms with Gasteiger partial charge in [0.05, 0.1) is 26.1 Å². The van der Waals surface area contributed by atoms with Gasteiger partial charge in [-0.3, -0.25) is 9.69 Å². The second-order valence-electron chi connectivity index (χ2n) is 6.96. The number of benzene rings is 2. The van der Waals surface area contributed by atoms with Gasteiger partial charge >= 0.3 is 0 Å². The molecule has 0 spiro atoms. The number of anilines is 1. The molecule has 0 aliphatic heterocycles. The molecule has 2 rings (SSSR count). The number of para-hydroxylation sites is 2. The van der Waals surface area contributed by atoms with Gasteiger partial charge in [-0.1, -0.05) is 18.2 Å². The van der Waals surface area contributed by atoms with Gasteiger partial charge in [0.25, 0.3) is 0 Å². The van der Waals surface area contributed by atoms with Crippen LogP contribution in [0.1, 0.15) is 17.5 Å². The normalized spacial score (nSPS) is 10.5. The van der Waals surface area contributed by atoms with E-state index >= 15 is 0 Å². The van der Waals surface area contributed by atoms with E-state index < -0.39 is 0 Å². The molecular formula is C23H29N3O3. The van der Waals surface area contributed by atoms with Gasteiger partial charge in [0.1, 0.15) is 6.61 Å². The van der Waals surface area contributed by atoms with Crippen molar-refractivity contribution in [2.24, 2.45) is 0 Å². The highest BCUT2D eigenvalue weighted by atomic mass is 16.5. The van der Waals surface area contributed by atoms with E-state index in [1.165, 1.54) is 5.56 Å². The highest BCUT2D eigenvalue weighted by Gasteiger charge is 2.18. The molecule has 0 heterocycles. The van der Waals surface area contributed by atoms with Crippen LogP contribution in [-0.4, -0.2) is 51.2 Å². The van der Waals surface area contributed by atoms with Crippen LogP contribution in [0.4, 0.5) is 5.69 Å². The highest BCUT2D eigenvalue weighted by molar-refractivity contribution is 5.95. The maximum atomic E-state index is 12.9. The Balaban J connectivity index is 1.95. The van der Waals surface area contributed by atoms with Crippen LogP contribution in [0.3, 0.4) is 0 Å². The predicted octanol–water partition coefficient (Wildman–Crippen LogP) is 3.57. The molecule has 2 aromatic rings. The van der Waals surface area contributed by atoms with Crippen molar-refractivity contribution in [3.05, 3.63) is 53.6 Å². The number of methoxy groups -OCH3 is 1. The van der Waals surface area contributed by atoms with Crippen molar-refractivity contribution in [1.29, 1.82) is 5.26 Å². The lowest BCUT2D eigenvalue weighted by molar-refractivity contribution is -0.119. The molecule has 0 N–H and O–H groups in total. The van der Waals surface area contributed by atoms with Gasteiger partial charge in [-0.05, 0) is 56.3 Å². The Labute approximate surface area is 173 Å². The zero-order chi connectivity index (χ0) is 21.2. The Morgan fingerprint density at radius 3 is 2.45 bits per heavy atom. The first kappa shape index (κ1) is 22.3. The number of amides is 1. The van der Waals surface area contributed by atoms with Crippen LogP contribution in [0.15, 0.2) is 42.5 Å². The first-order valence-electron chi connectivity index (χ1n) is 9.65. The minimum absolute atomic E-state index is 0.0386. The van der Waals surface area contributed by atoms with Crippen LogP contribution >= 0.6 is 0 Å². The largest absolute Gasteiger partial charge is 0.493 e. The van der Waals surface area contributed by atoms with Crippen LogP contribution in [0.5, 0.6) is 11.5 Å². The number of aryl methyl sites for hydroxylation is 2. The number of nitriles is 1. The van der Waals surface area contributed by atoms with E-state index in [-0.39, 0.29) is 12.5 Å². The summed E-state index contributed by atoms with van der Waals surface area (Å²) < 4.78 is 11.1. The van der Waals surface area contributed by atoms with Crippen LogP contribution in [0.25, 0.3) is 0 Å². The van der Waals surface area contributed by atoms with E-state index in [0.717, 1.165) is 11.3 Å². The van der Waals surface area contributed by atoms with Crippen LogP contribution in [0.2, 0.25) is 0 Å². The lowest BCUT2D eigenvalue weighted by Crippen LogP contribution is -2.40. The topological polar surface area (TPSA) is 65.8 Å². The van der Waals surface area contributed by atoms with E-state index in [1.807, 2.05) is 68.3 Å². The standard InChI is InChI=1S/C23H29N3O3/c1-18-10-11-20(16-19(18)2)26(13-7-12-24)23(27)17-25(3)14-15-29-22-9-6-5-8-21(22)28-4/h5-6,8-11,16H,7,13-15,17H2,1-4H3. The molecule has 29 heavy (non-hydrogen) atoms. The second-order valence-corrected chi connectivity index (χ2v) is 6.96. The van der Waals surface area contributed by atoms with Gasteiger partial charge in [0.2, 0.25) is 5.91 Å². The Morgan fingerprint density at radius 1 is 1.07 bits per heavy atom. The average molecular weight is 396 g/mol. The minimum Gasteiger partial charge on any atom is -0.493 e. The number of hydrogen-bond acceptors (Lipinski definition) is 5. The smallest absolute Gasteiger partial charge is 0.241 e. The summed E-state index contributed by atoms with van der Waals surface area (Å²) in [5.74, 6) is 1.33. The van der Waals surface area contributed by atoms with Crippen LogP contribution in [0, 0.1) is 25.2 Å². The van der Waals surface area contributed by atoms with Crippen molar-refractivity contribution in [2.75, 3.05) is 45.3 Å². The maximum absolute atomic E-state index is 12.9. The SMILES string of the molecule is COc1ccccc1OCCN(C)CC(=O)N(CCC#N)c1ccc(C)c(C)c1. The molecule has 154 valence electrons. The third-order valence-corrected chi connectivity index (χ3v) is 4.76. The Hall–Kier alpha value is -3.04. The van der Waals surface area contributed by atoms with E-state index in [2.05, 4.69) is 6.07 Å². The van der Waals surface area contributed by atoms with Crippen LogP contribution in [-0.2, 0) is 4.79 Å². The third-order valence-electron chi connectivity index (χ3n) is 4.76. The molecule has 6 heteroatoms. The number of carbonyl (C=O) groups is 1. The molecular weight excluding hydrogens is 366 g/mol. The molecule has 1 amide bonds. The number of hydrogen-bond donors (Lipinski definition) is 0. The van der Waals surface area contributed by atoms with E-state index in [4.69, 9.17) is 14.7 Å². The predicted molar refractivity (Wildman–Crippen MR) is 114 cm³/mol. The Morgan fingerprint density at radius 2 is 1.79 bits per heavy atom. The first-order valence-corrected chi connectivity index (χ1v) is 9.65. The lowest BCUT2D eigenvalue weighted by Gasteiger charge is -2.25. The molecule has 0 unspecified atom stereocenters. The molecule has 0 aliphatic carbocycles. The average Bonchev–Trinajstić information content (AvgIpc) is 2.71. The monoisotopic (exact) mass is 395 g/mol. The van der Waals surface area contributed by atoms with Crippen molar-refractivity contribution < 1.29 is 14.3 Å². The minimum atomic E-state index is -0.0386. The molecule has 0 saturated carbocycles. The molecule has 0 aromatic heterocycles. The molecule has 0 fully saturated rings. The third kappa shape index (κ3) is 6.51. The molecule has 0 aliphatic rings.